The van der Waals surface area contributed by atoms with Gasteiger partial charge in [-0.05, 0) is 37.3 Å². The number of hydrogen-bond donors (Lipinski definition) is 1. The summed E-state index contributed by atoms with van der Waals surface area (Å²) in [5.74, 6) is 0.0327. The number of halogens is 1. The van der Waals surface area contributed by atoms with Crippen molar-refractivity contribution in [3.63, 3.8) is 0 Å². The number of fused-ring (bicyclic) bond motifs is 2. The van der Waals surface area contributed by atoms with Crippen molar-refractivity contribution in [1.82, 2.24) is 9.47 Å². The van der Waals surface area contributed by atoms with Crippen LogP contribution in [0.25, 0.3) is 0 Å². The van der Waals surface area contributed by atoms with Crippen molar-refractivity contribution in [2.45, 2.75) is 37.8 Å². The van der Waals surface area contributed by atoms with E-state index in [0.29, 0.717) is 10.7 Å². The summed E-state index contributed by atoms with van der Waals surface area (Å²) in [5.41, 5.74) is 1.60. The molecule has 0 radical (unpaired) electrons. The second-order valence-corrected chi connectivity index (χ2v) is 7.94. The van der Waals surface area contributed by atoms with Crippen molar-refractivity contribution < 1.29 is 9.90 Å². The molecule has 0 aliphatic carbocycles. The third-order valence-corrected chi connectivity index (χ3v) is 6.20. The van der Waals surface area contributed by atoms with Crippen LogP contribution in [0.2, 0.25) is 5.02 Å². The van der Waals surface area contributed by atoms with Crippen LogP contribution in [-0.4, -0.2) is 39.2 Å². The molecule has 0 spiro atoms. The summed E-state index contributed by atoms with van der Waals surface area (Å²) in [6.45, 7) is 0.112. The number of aromatic nitrogens is 1. The van der Waals surface area contributed by atoms with Crippen LogP contribution in [0, 0.1) is 5.41 Å². The molecule has 4 nitrogen and oxygen atoms in total. The van der Waals surface area contributed by atoms with Gasteiger partial charge in [0.05, 0.1) is 11.6 Å². The lowest BCUT2D eigenvalue weighted by molar-refractivity contribution is 0.0564. The van der Waals surface area contributed by atoms with Gasteiger partial charge >= 0.3 is 0 Å². The summed E-state index contributed by atoms with van der Waals surface area (Å²) in [6.07, 6.45) is 5.42. The number of aliphatic hydroxyl groups is 1. The summed E-state index contributed by atoms with van der Waals surface area (Å²) < 4.78 is 1.79. The first kappa shape index (κ1) is 16.7. The normalized spacial score (nSPS) is 27.9. The molecule has 2 bridgehead atoms. The smallest absolute Gasteiger partial charge is 0.271 e. The van der Waals surface area contributed by atoms with Gasteiger partial charge in [0.25, 0.3) is 5.91 Å². The standard InChI is InChI=1S/C20H23ClN2O2/c1-22-12-15(21)9-17(22)19(25)23-16-7-8-18(23)20(11-16,13-24)10-14-5-3-2-4-6-14/h2-6,9,12,16,18,24H,7-8,10-11,13H2,1H3/t16-,18+,20-/m0/s1. The number of rotatable bonds is 4. The van der Waals surface area contributed by atoms with E-state index in [9.17, 15) is 9.90 Å². The van der Waals surface area contributed by atoms with Crippen molar-refractivity contribution in [1.29, 1.82) is 0 Å². The topological polar surface area (TPSA) is 45.5 Å². The van der Waals surface area contributed by atoms with E-state index in [1.54, 1.807) is 16.8 Å². The molecule has 2 saturated heterocycles. The summed E-state index contributed by atoms with van der Waals surface area (Å²) in [5, 5.41) is 10.8. The van der Waals surface area contributed by atoms with Gasteiger partial charge in [-0.2, -0.15) is 0 Å². The molecule has 3 atom stereocenters. The van der Waals surface area contributed by atoms with E-state index >= 15 is 0 Å². The minimum atomic E-state index is -0.241. The number of nitrogens with zero attached hydrogens (tertiary/aromatic N) is 2. The number of hydrogen-bond acceptors (Lipinski definition) is 2. The molecule has 3 heterocycles. The largest absolute Gasteiger partial charge is 0.396 e. The summed E-state index contributed by atoms with van der Waals surface area (Å²) in [6, 6.07) is 12.3. The van der Waals surface area contributed by atoms with E-state index in [4.69, 9.17) is 11.6 Å². The Morgan fingerprint density at radius 1 is 1.32 bits per heavy atom. The average Bonchev–Trinajstić information content (AvgIpc) is 3.26. The van der Waals surface area contributed by atoms with Crippen molar-refractivity contribution in [2.75, 3.05) is 6.61 Å². The van der Waals surface area contributed by atoms with Crippen molar-refractivity contribution in [2.24, 2.45) is 12.5 Å². The highest BCUT2D eigenvalue weighted by Crippen LogP contribution is 2.51. The Bertz CT molecular complexity index is 788. The molecule has 1 amide bonds. The monoisotopic (exact) mass is 358 g/mol. The van der Waals surface area contributed by atoms with Gasteiger partial charge in [-0.1, -0.05) is 41.9 Å². The van der Waals surface area contributed by atoms with E-state index in [2.05, 4.69) is 12.1 Å². The minimum Gasteiger partial charge on any atom is -0.396 e. The summed E-state index contributed by atoms with van der Waals surface area (Å²) in [4.78, 5) is 15.2. The van der Waals surface area contributed by atoms with Crippen molar-refractivity contribution >= 4 is 17.5 Å². The first-order chi connectivity index (χ1) is 12.0. The van der Waals surface area contributed by atoms with E-state index in [-0.39, 0.29) is 30.0 Å². The van der Waals surface area contributed by atoms with Gasteiger partial charge in [-0.25, -0.2) is 0 Å². The van der Waals surface area contributed by atoms with Crippen molar-refractivity contribution in [3.05, 3.63) is 58.9 Å². The number of aryl methyl sites for hydroxylation is 1. The van der Waals surface area contributed by atoms with Crippen LogP contribution in [0.3, 0.4) is 0 Å². The Kier molecular flexibility index (Phi) is 4.13. The maximum atomic E-state index is 13.2. The van der Waals surface area contributed by atoms with Crippen LogP contribution < -0.4 is 0 Å². The van der Waals surface area contributed by atoms with Crippen LogP contribution in [-0.2, 0) is 13.5 Å². The zero-order valence-corrected chi connectivity index (χ0v) is 15.1. The third kappa shape index (κ3) is 2.68. The lowest BCUT2D eigenvalue weighted by Crippen LogP contribution is -2.44. The molecular weight excluding hydrogens is 336 g/mol. The molecule has 0 unspecified atom stereocenters. The zero-order valence-electron chi connectivity index (χ0n) is 14.4. The van der Waals surface area contributed by atoms with Gasteiger partial charge in [-0.3, -0.25) is 4.79 Å². The number of benzene rings is 1. The van der Waals surface area contributed by atoms with Crippen LogP contribution in [0.5, 0.6) is 0 Å². The number of amides is 1. The Hall–Kier alpha value is -1.78. The number of aliphatic hydroxyl groups excluding tert-OH is 1. The maximum absolute atomic E-state index is 13.2. The molecule has 2 aliphatic rings. The third-order valence-electron chi connectivity index (χ3n) is 5.99. The second kappa shape index (κ2) is 6.19. The van der Waals surface area contributed by atoms with Gasteiger partial charge in [0.2, 0.25) is 0 Å². The predicted octanol–water partition coefficient (Wildman–Crippen LogP) is 3.28. The molecular formula is C20H23ClN2O2. The summed E-state index contributed by atoms with van der Waals surface area (Å²) in [7, 11) is 1.85. The molecule has 1 N–H and O–H groups in total. The second-order valence-electron chi connectivity index (χ2n) is 7.50. The molecule has 1 aromatic heterocycles. The van der Waals surface area contributed by atoms with Crippen molar-refractivity contribution in [3.8, 4) is 0 Å². The van der Waals surface area contributed by atoms with Crippen LogP contribution >= 0.6 is 11.6 Å². The first-order valence-corrected chi connectivity index (χ1v) is 9.21. The summed E-state index contributed by atoms with van der Waals surface area (Å²) >= 11 is 6.06. The van der Waals surface area contributed by atoms with E-state index in [1.165, 1.54) is 5.56 Å². The van der Waals surface area contributed by atoms with Crippen LogP contribution in [0.4, 0.5) is 0 Å². The Balaban J connectivity index is 1.64. The molecule has 0 saturated carbocycles. The Morgan fingerprint density at radius 3 is 2.72 bits per heavy atom. The van der Waals surface area contributed by atoms with Gasteiger partial charge in [0.15, 0.2) is 0 Å². The number of carbonyl (C=O) groups is 1. The zero-order chi connectivity index (χ0) is 17.6. The highest BCUT2D eigenvalue weighted by Gasteiger charge is 2.57. The average molecular weight is 359 g/mol. The maximum Gasteiger partial charge on any atom is 0.271 e. The predicted molar refractivity (Wildman–Crippen MR) is 97.7 cm³/mol. The van der Waals surface area contributed by atoms with Crippen LogP contribution in [0.1, 0.15) is 35.3 Å². The Morgan fingerprint density at radius 2 is 2.08 bits per heavy atom. The lowest BCUT2D eigenvalue weighted by Gasteiger charge is -2.36. The minimum absolute atomic E-state index is 0.0327. The Labute approximate surface area is 153 Å². The first-order valence-electron chi connectivity index (χ1n) is 8.83. The molecule has 2 fully saturated rings. The van der Waals surface area contributed by atoms with Gasteiger partial charge in [0.1, 0.15) is 5.69 Å². The van der Waals surface area contributed by atoms with E-state index < -0.39 is 0 Å². The molecule has 25 heavy (non-hydrogen) atoms. The number of carbonyl (C=O) groups excluding carboxylic acids is 1. The van der Waals surface area contributed by atoms with E-state index in [0.717, 1.165) is 25.7 Å². The fraction of sp³-hybridized carbons (Fsp3) is 0.450. The molecule has 5 heteroatoms. The van der Waals surface area contributed by atoms with Crippen LogP contribution in [0.15, 0.2) is 42.6 Å². The molecule has 1 aromatic carbocycles. The van der Waals surface area contributed by atoms with Gasteiger partial charge in [0, 0.05) is 30.7 Å². The fourth-order valence-corrected chi connectivity index (χ4v) is 5.13. The fourth-order valence-electron chi connectivity index (χ4n) is 4.88. The molecule has 132 valence electrons. The highest BCUT2D eigenvalue weighted by atomic mass is 35.5. The SMILES string of the molecule is Cn1cc(Cl)cc1C(=O)N1[C@H]2CC[C@@H]1[C@@](CO)(Cc1ccccc1)C2. The lowest BCUT2D eigenvalue weighted by atomic mass is 9.70. The highest BCUT2D eigenvalue weighted by molar-refractivity contribution is 6.31. The van der Waals surface area contributed by atoms with Gasteiger partial charge < -0.3 is 14.6 Å². The van der Waals surface area contributed by atoms with Gasteiger partial charge in [-0.15, -0.1) is 0 Å². The molecule has 2 aromatic rings. The molecule has 2 aliphatic heterocycles. The quantitative estimate of drug-likeness (QED) is 0.911. The van der Waals surface area contributed by atoms with E-state index in [1.807, 2.05) is 30.1 Å². The molecule has 4 rings (SSSR count).